The maximum Gasteiger partial charge on any atom is 0.343 e. The maximum atomic E-state index is 13.2. The highest BCUT2D eigenvalue weighted by Crippen LogP contribution is 2.31. The van der Waals surface area contributed by atoms with E-state index in [4.69, 9.17) is 18.9 Å². The van der Waals surface area contributed by atoms with E-state index in [9.17, 15) is 9.59 Å². The smallest absolute Gasteiger partial charge is 0.343 e. The SMILES string of the molecule is CCCCCCCCCCCCCCOc1ccc(N=Cc2ccc(C(=O)Oc3ccc(Br)c(OC(=O)c4ccc(C=Nc5ccc(OCCCCCCCCCCCCCC)cc5)cc4)c3)cc2)cc1. The molecule has 0 heterocycles. The van der Waals surface area contributed by atoms with Crippen LogP contribution in [0.1, 0.15) is 200 Å². The molecular formula is C62H79BrN2O6. The lowest BCUT2D eigenvalue weighted by atomic mass is 10.1. The molecule has 0 N–H and O–H groups in total. The van der Waals surface area contributed by atoms with Gasteiger partial charge in [0.2, 0.25) is 0 Å². The van der Waals surface area contributed by atoms with E-state index in [2.05, 4.69) is 39.8 Å². The second-order valence-electron chi connectivity index (χ2n) is 18.6. The molecule has 0 saturated carbocycles. The van der Waals surface area contributed by atoms with Crippen LogP contribution in [0.2, 0.25) is 0 Å². The Kier molecular flexibility index (Phi) is 27.6. The lowest BCUT2D eigenvalue weighted by Gasteiger charge is -2.10. The van der Waals surface area contributed by atoms with Gasteiger partial charge in [-0.15, -0.1) is 0 Å². The summed E-state index contributed by atoms with van der Waals surface area (Å²) in [6, 6.07) is 34.4. The molecule has 0 aliphatic heterocycles. The van der Waals surface area contributed by atoms with Crippen LogP contribution in [0.25, 0.3) is 0 Å². The molecular weight excluding hydrogens is 949 g/mol. The van der Waals surface area contributed by atoms with Gasteiger partial charge in [-0.2, -0.15) is 0 Å². The van der Waals surface area contributed by atoms with Crippen molar-refractivity contribution in [3.63, 3.8) is 0 Å². The summed E-state index contributed by atoms with van der Waals surface area (Å²) in [6.07, 6.45) is 35.3. The molecule has 0 spiro atoms. The van der Waals surface area contributed by atoms with Gasteiger partial charge in [0.05, 0.1) is 40.2 Å². The van der Waals surface area contributed by atoms with Crippen molar-refractivity contribution in [2.24, 2.45) is 9.98 Å². The number of aliphatic imine (C=N–C) groups is 2. The standard InChI is InChI=1S/C62H79BrN2O6/c1-3-5-7-9-11-13-15-17-19-21-23-25-45-68-56-39-35-54(36-40-56)64-48-50-27-31-52(32-28-50)61(66)70-58-43-44-59(63)60(47-58)71-62(67)53-33-29-51(30-34-53)49-65-55-37-41-57(42-38-55)69-46-26-24-22-20-18-16-14-12-10-8-6-4-2/h27-44,47-49H,3-26,45-46H2,1-2H3. The van der Waals surface area contributed by atoms with Crippen LogP contribution >= 0.6 is 15.9 Å². The van der Waals surface area contributed by atoms with E-state index in [1.807, 2.05) is 72.8 Å². The molecule has 0 atom stereocenters. The number of unbranched alkanes of at least 4 members (excludes halogenated alkanes) is 22. The van der Waals surface area contributed by atoms with E-state index in [1.165, 1.54) is 147 Å². The zero-order valence-corrected chi connectivity index (χ0v) is 44.3. The fourth-order valence-corrected chi connectivity index (χ4v) is 8.51. The van der Waals surface area contributed by atoms with Crippen molar-refractivity contribution in [1.29, 1.82) is 0 Å². The summed E-state index contributed by atoms with van der Waals surface area (Å²) < 4.78 is 23.8. The van der Waals surface area contributed by atoms with E-state index in [0.29, 0.717) is 15.6 Å². The molecule has 0 aliphatic rings. The molecule has 0 saturated heterocycles. The monoisotopic (exact) mass is 1030 g/mol. The number of benzene rings is 5. The Morgan fingerprint density at radius 1 is 0.408 bits per heavy atom. The lowest BCUT2D eigenvalue weighted by molar-refractivity contribution is 0.0732. The third kappa shape index (κ3) is 23.5. The molecule has 5 aromatic carbocycles. The van der Waals surface area contributed by atoms with Gasteiger partial charge in [0.15, 0.2) is 0 Å². The number of rotatable bonds is 36. The number of esters is 2. The van der Waals surface area contributed by atoms with Crippen molar-refractivity contribution < 1.29 is 28.5 Å². The summed E-state index contributed by atoms with van der Waals surface area (Å²) in [6.45, 7) is 6.00. The second-order valence-corrected chi connectivity index (χ2v) is 19.4. The van der Waals surface area contributed by atoms with E-state index in [0.717, 1.165) is 60.1 Å². The Morgan fingerprint density at radius 2 is 0.746 bits per heavy atom. The van der Waals surface area contributed by atoms with Crippen LogP contribution in [0, 0.1) is 0 Å². The minimum atomic E-state index is -0.552. The Balaban J connectivity index is 0.961. The summed E-state index contributed by atoms with van der Waals surface area (Å²) in [5, 5.41) is 0. The highest BCUT2D eigenvalue weighted by molar-refractivity contribution is 9.10. The van der Waals surface area contributed by atoms with Crippen molar-refractivity contribution in [3.05, 3.63) is 142 Å². The Hall–Kier alpha value is -5.54. The fourth-order valence-electron chi connectivity index (χ4n) is 8.18. The second kappa shape index (κ2) is 34.7. The minimum absolute atomic E-state index is 0.221. The van der Waals surface area contributed by atoms with Crippen LogP contribution < -0.4 is 18.9 Å². The Labute approximate surface area is 434 Å². The minimum Gasteiger partial charge on any atom is -0.494 e. The van der Waals surface area contributed by atoms with Gasteiger partial charge in [0.1, 0.15) is 23.0 Å². The summed E-state index contributed by atoms with van der Waals surface area (Å²) in [7, 11) is 0. The van der Waals surface area contributed by atoms with Gasteiger partial charge in [-0.25, -0.2) is 9.59 Å². The first-order valence-corrected chi connectivity index (χ1v) is 27.7. The molecule has 0 bridgehead atoms. The van der Waals surface area contributed by atoms with E-state index >= 15 is 0 Å². The van der Waals surface area contributed by atoms with E-state index < -0.39 is 11.9 Å². The Bertz CT molecular complexity index is 2290. The van der Waals surface area contributed by atoms with Gasteiger partial charge in [0, 0.05) is 18.5 Å². The average molecular weight is 1030 g/mol. The van der Waals surface area contributed by atoms with Gasteiger partial charge in [-0.05, 0) is 125 Å². The number of hydrogen-bond donors (Lipinski definition) is 0. The fraction of sp³-hybridized carbons (Fsp3) is 0.452. The molecule has 71 heavy (non-hydrogen) atoms. The number of nitrogens with zero attached hydrogens (tertiary/aromatic N) is 2. The zero-order valence-electron chi connectivity index (χ0n) is 42.7. The number of carbonyl (C=O) groups is 2. The van der Waals surface area contributed by atoms with Crippen molar-refractivity contribution >= 4 is 51.7 Å². The number of hydrogen-bond acceptors (Lipinski definition) is 8. The summed E-state index contributed by atoms with van der Waals surface area (Å²) in [5.74, 6) is 1.06. The molecule has 8 nitrogen and oxygen atoms in total. The molecule has 0 unspecified atom stereocenters. The van der Waals surface area contributed by atoms with E-state index in [1.54, 1.807) is 48.8 Å². The maximum absolute atomic E-state index is 13.2. The number of ether oxygens (including phenoxy) is 4. The predicted octanol–water partition coefficient (Wildman–Crippen LogP) is 18.5. The third-order valence-corrected chi connectivity index (χ3v) is 13.2. The normalized spacial score (nSPS) is 11.4. The Morgan fingerprint density at radius 3 is 1.13 bits per heavy atom. The van der Waals surface area contributed by atoms with Gasteiger partial charge in [-0.1, -0.05) is 179 Å². The summed E-state index contributed by atoms with van der Waals surface area (Å²) in [5.41, 5.74) is 4.01. The van der Waals surface area contributed by atoms with Gasteiger partial charge < -0.3 is 18.9 Å². The van der Waals surface area contributed by atoms with Gasteiger partial charge in [-0.3, -0.25) is 9.98 Å². The molecule has 380 valence electrons. The first kappa shape index (κ1) is 56.4. The summed E-state index contributed by atoms with van der Waals surface area (Å²) in [4.78, 5) is 35.4. The molecule has 0 aromatic heterocycles. The number of carbonyl (C=O) groups excluding carboxylic acids is 2. The first-order chi connectivity index (χ1) is 34.9. The third-order valence-electron chi connectivity index (χ3n) is 12.5. The molecule has 9 heteroatoms. The van der Waals surface area contributed by atoms with Crippen LogP contribution in [0.3, 0.4) is 0 Å². The van der Waals surface area contributed by atoms with Crippen molar-refractivity contribution in [3.8, 4) is 23.0 Å². The largest absolute Gasteiger partial charge is 0.494 e. The van der Waals surface area contributed by atoms with Crippen LogP contribution in [0.15, 0.2) is 130 Å². The quantitative estimate of drug-likeness (QED) is 0.0172. The molecule has 0 aliphatic carbocycles. The molecule has 0 radical (unpaired) electrons. The molecule has 5 aromatic rings. The average Bonchev–Trinajstić information content (AvgIpc) is 3.39. The molecule has 5 rings (SSSR count). The molecule has 0 amide bonds. The van der Waals surface area contributed by atoms with E-state index in [-0.39, 0.29) is 11.5 Å². The number of halogens is 1. The van der Waals surface area contributed by atoms with Crippen LogP contribution in [0.4, 0.5) is 11.4 Å². The van der Waals surface area contributed by atoms with Crippen LogP contribution in [-0.2, 0) is 0 Å². The highest BCUT2D eigenvalue weighted by atomic mass is 79.9. The van der Waals surface area contributed by atoms with Crippen molar-refractivity contribution in [1.82, 2.24) is 0 Å². The van der Waals surface area contributed by atoms with Gasteiger partial charge in [0.25, 0.3) is 0 Å². The van der Waals surface area contributed by atoms with Gasteiger partial charge >= 0.3 is 11.9 Å². The first-order valence-electron chi connectivity index (χ1n) is 26.9. The molecule has 0 fully saturated rings. The van der Waals surface area contributed by atoms with Crippen molar-refractivity contribution in [2.45, 2.75) is 168 Å². The van der Waals surface area contributed by atoms with Crippen LogP contribution in [-0.4, -0.2) is 37.6 Å². The van der Waals surface area contributed by atoms with Crippen LogP contribution in [0.5, 0.6) is 23.0 Å². The summed E-state index contributed by atoms with van der Waals surface area (Å²) >= 11 is 3.45. The topological polar surface area (TPSA) is 95.8 Å². The lowest BCUT2D eigenvalue weighted by Crippen LogP contribution is -2.10. The highest BCUT2D eigenvalue weighted by Gasteiger charge is 2.15. The van der Waals surface area contributed by atoms with Crippen molar-refractivity contribution in [2.75, 3.05) is 13.2 Å². The predicted molar refractivity (Wildman–Crippen MR) is 297 cm³/mol. The zero-order chi connectivity index (χ0) is 50.0.